The van der Waals surface area contributed by atoms with Crippen molar-refractivity contribution in [3.05, 3.63) is 180 Å². The highest BCUT2D eigenvalue weighted by Gasteiger charge is 2.32. The van der Waals surface area contributed by atoms with E-state index in [0.29, 0.717) is 0 Å². The van der Waals surface area contributed by atoms with E-state index in [0.717, 1.165) is 81.3 Å². The Bertz CT molecular complexity index is 2610. The molecule has 56 heavy (non-hydrogen) atoms. The van der Waals surface area contributed by atoms with Crippen LogP contribution in [0.3, 0.4) is 0 Å². The highest BCUT2D eigenvalue weighted by atomic mass is 32.4. The Kier molecular flexibility index (Phi) is 9.26. The number of rotatable bonds is 9. The second-order valence-corrected chi connectivity index (χ2v) is 18.1. The minimum absolute atomic E-state index is 1.04. The van der Waals surface area contributed by atoms with Crippen molar-refractivity contribution in [3.8, 4) is 0 Å². The van der Waals surface area contributed by atoms with Gasteiger partial charge in [0.25, 0.3) is 6.49 Å². The molecule has 9 aromatic rings. The monoisotopic (exact) mass is 762 g/mol. The zero-order valence-electron chi connectivity index (χ0n) is 31.4. The van der Waals surface area contributed by atoms with Crippen LogP contribution < -0.4 is 0 Å². The van der Waals surface area contributed by atoms with Crippen molar-refractivity contribution in [2.24, 2.45) is 15.3 Å². The van der Waals surface area contributed by atoms with E-state index >= 15 is 0 Å². The minimum atomic E-state index is -3.03. The molecule has 0 atom stereocenters. The molecular formula is C48H39N6PS. The fraction of sp³-hybridized carbons (Fsp3) is 0.0625. The van der Waals surface area contributed by atoms with Gasteiger partial charge in [0.2, 0.25) is 0 Å². The third-order valence-corrected chi connectivity index (χ3v) is 15.3. The zero-order chi connectivity index (χ0) is 38.2. The van der Waals surface area contributed by atoms with Crippen molar-refractivity contribution in [2.45, 2.75) is 0 Å². The second kappa shape index (κ2) is 14.7. The summed E-state index contributed by atoms with van der Waals surface area (Å²) in [5.74, 6) is 0. The first-order valence-electron chi connectivity index (χ1n) is 18.6. The van der Waals surface area contributed by atoms with Crippen LogP contribution in [-0.4, -0.2) is 54.1 Å². The first-order chi connectivity index (χ1) is 27.4. The van der Waals surface area contributed by atoms with Gasteiger partial charge in [-0.05, 0) is 94.6 Å². The Morgan fingerprint density at radius 3 is 0.768 bits per heavy atom. The van der Waals surface area contributed by atoms with Crippen LogP contribution in [0.5, 0.6) is 0 Å². The van der Waals surface area contributed by atoms with Gasteiger partial charge in [-0.2, -0.15) is 15.3 Å². The van der Waals surface area contributed by atoms with Gasteiger partial charge in [-0.3, -0.25) is 0 Å². The normalized spacial score (nSPS) is 12.4. The summed E-state index contributed by atoms with van der Waals surface area (Å²) in [6, 6.07) is 57.3. The van der Waals surface area contributed by atoms with Crippen LogP contribution >= 0.6 is 6.49 Å². The summed E-state index contributed by atoms with van der Waals surface area (Å²) in [7, 11) is 5.80. The molecule has 0 fully saturated rings. The summed E-state index contributed by atoms with van der Waals surface area (Å²) in [4.78, 5) is 0. The standard InChI is InChI=1S/C48H39N6PS/c1-52(49-31-46-40-22-10-4-16-34(40)28-35-17-5-11-23-41(35)46)55(56,53(2)50-32-47-42-24-12-6-18-36(42)29-37-19-7-13-25-43(37)47)54(3)51-33-48-44-26-14-8-20-38(44)30-39-21-9-15-27-45(39)48/h4-33H,1-3H3/b49-31+,50-32+,51-33+. The molecule has 0 radical (unpaired) electrons. The van der Waals surface area contributed by atoms with Crippen LogP contribution in [0.25, 0.3) is 64.6 Å². The number of hydrogen-bond acceptors (Lipinski definition) is 4. The van der Waals surface area contributed by atoms with Crippen LogP contribution in [0, 0.1) is 0 Å². The lowest BCUT2D eigenvalue weighted by Crippen LogP contribution is -2.29. The van der Waals surface area contributed by atoms with Crippen molar-refractivity contribution >= 4 is 102 Å². The van der Waals surface area contributed by atoms with Crippen molar-refractivity contribution in [3.63, 3.8) is 0 Å². The molecule has 0 bridgehead atoms. The maximum atomic E-state index is 6.74. The van der Waals surface area contributed by atoms with Crippen LogP contribution in [0.2, 0.25) is 0 Å². The Hall–Kier alpha value is -6.40. The third kappa shape index (κ3) is 6.25. The number of hydrogen-bond donors (Lipinski definition) is 0. The molecule has 9 aromatic carbocycles. The Balaban J connectivity index is 1.17. The molecule has 0 heterocycles. The molecule has 0 N–H and O–H groups in total. The molecule has 0 unspecified atom stereocenters. The molecule has 0 aromatic heterocycles. The van der Waals surface area contributed by atoms with Gasteiger partial charge < -0.3 is 0 Å². The van der Waals surface area contributed by atoms with E-state index in [-0.39, 0.29) is 0 Å². The van der Waals surface area contributed by atoms with Crippen molar-refractivity contribution in [2.75, 3.05) is 21.1 Å². The second-order valence-electron chi connectivity index (χ2n) is 13.9. The summed E-state index contributed by atoms with van der Waals surface area (Å²) in [5.41, 5.74) is 3.11. The highest BCUT2D eigenvalue weighted by Crippen LogP contribution is 2.55. The first-order valence-corrected chi connectivity index (χ1v) is 21.2. The summed E-state index contributed by atoms with van der Waals surface area (Å²) >= 11 is 6.74. The summed E-state index contributed by atoms with van der Waals surface area (Å²) in [6.07, 6.45) is 5.83. The fourth-order valence-electron chi connectivity index (χ4n) is 7.75. The number of benzene rings is 9. The summed E-state index contributed by atoms with van der Waals surface area (Å²) in [6.45, 7) is -3.03. The van der Waals surface area contributed by atoms with E-state index in [1.54, 1.807) is 0 Å². The lowest BCUT2D eigenvalue weighted by atomic mass is 9.97. The average Bonchev–Trinajstić information content (AvgIpc) is 3.24. The number of nitrogens with zero attached hydrogens (tertiary/aromatic N) is 6. The summed E-state index contributed by atoms with van der Waals surface area (Å²) < 4.78 is 5.61. The van der Waals surface area contributed by atoms with Crippen LogP contribution in [-0.2, 0) is 11.8 Å². The van der Waals surface area contributed by atoms with E-state index in [2.05, 4.69) is 164 Å². The molecule has 0 aliphatic rings. The molecule has 8 heteroatoms. The van der Waals surface area contributed by atoms with Gasteiger partial charge in [-0.25, -0.2) is 14.3 Å². The molecule has 9 rings (SSSR count). The Morgan fingerprint density at radius 1 is 0.357 bits per heavy atom. The number of fused-ring (bicyclic) bond motifs is 6. The molecule has 0 amide bonds. The highest BCUT2D eigenvalue weighted by molar-refractivity contribution is 8.11. The molecule has 0 saturated carbocycles. The van der Waals surface area contributed by atoms with Crippen molar-refractivity contribution < 1.29 is 0 Å². The van der Waals surface area contributed by atoms with Gasteiger partial charge in [-0.1, -0.05) is 146 Å². The molecule has 6 nitrogen and oxygen atoms in total. The van der Waals surface area contributed by atoms with Crippen LogP contribution in [0.15, 0.2) is 179 Å². The van der Waals surface area contributed by atoms with Crippen molar-refractivity contribution in [1.29, 1.82) is 0 Å². The Morgan fingerprint density at radius 2 is 0.554 bits per heavy atom. The van der Waals surface area contributed by atoms with E-state index in [1.165, 1.54) is 0 Å². The topological polar surface area (TPSA) is 46.8 Å². The quantitative estimate of drug-likeness (QED) is 0.0636. The molecule has 0 saturated heterocycles. The van der Waals surface area contributed by atoms with Crippen molar-refractivity contribution in [1.82, 2.24) is 14.3 Å². The zero-order valence-corrected chi connectivity index (χ0v) is 33.1. The van der Waals surface area contributed by atoms with Gasteiger partial charge in [-0.15, -0.1) is 0 Å². The minimum Gasteiger partial charge on any atom is -0.235 e. The first kappa shape index (κ1) is 35.3. The van der Waals surface area contributed by atoms with Gasteiger partial charge in [0, 0.05) is 37.8 Å². The van der Waals surface area contributed by atoms with E-state index in [9.17, 15) is 0 Å². The molecule has 272 valence electrons. The molecule has 0 aliphatic carbocycles. The largest absolute Gasteiger partial charge is 0.265 e. The van der Waals surface area contributed by atoms with Gasteiger partial charge >= 0.3 is 0 Å². The SMILES string of the molecule is CN(/N=C/c1c2ccccc2cc2ccccc12)P(=S)(N(C)/N=C/c1c2ccccc2cc2ccccc12)N(C)/N=C/c1c2ccccc2cc2ccccc12. The Labute approximate surface area is 331 Å². The summed E-state index contributed by atoms with van der Waals surface area (Å²) in [5, 5.41) is 29.1. The maximum Gasteiger partial charge on any atom is 0.265 e. The third-order valence-electron chi connectivity index (χ3n) is 10.6. The predicted molar refractivity (Wildman–Crippen MR) is 245 cm³/mol. The molecular weight excluding hydrogens is 724 g/mol. The van der Waals surface area contributed by atoms with Gasteiger partial charge in [0.1, 0.15) is 0 Å². The predicted octanol–water partition coefficient (Wildman–Crippen LogP) is 12.0. The lowest BCUT2D eigenvalue weighted by molar-refractivity contribution is 0.417. The van der Waals surface area contributed by atoms with Crippen LogP contribution in [0.4, 0.5) is 0 Å². The maximum absolute atomic E-state index is 6.74. The molecule has 0 aliphatic heterocycles. The smallest absolute Gasteiger partial charge is 0.235 e. The van der Waals surface area contributed by atoms with Gasteiger partial charge in [0.05, 0.1) is 18.6 Å². The average molecular weight is 763 g/mol. The van der Waals surface area contributed by atoms with E-state index in [4.69, 9.17) is 27.1 Å². The van der Waals surface area contributed by atoms with E-state index < -0.39 is 6.49 Å². The number of hydrazone groups is 3. The molecule has 0 spiro atoms. The lowest BCUT2D eigenvalue weighted by Gasteiger charge is -2.39. The fourth-order valence-corrected chi connectivity index (χ4v) is 9.81. The van der Waals surface area contributed by atoms with Gasteiger partial charge in [0.15, 0.2) is 0 Å². The van der Waals surface area contributed by atoms with Crippen LogP contribution in [0.1, 0.15) is 16.7 Å². The van der Waals surface area contributed by atoms with E-state index in [1.807, 2.05) is 54.1 Å².